The molecule has 0 atom stereocenters. The molecular weight excluding hydrogens is 435 g/mol. The van der Waals surface area contributed by atoms with Crippen molar-refractivity contribution in [1.29, 1.82) is 0 Å². The summed E-state index contributed by atoms with van der Waals surface area (Å²) in [7, 11) is 1.46. The van der Waals surface area contributed by atoms with Crippen LogP contribution in [-0.4, -0.2) is 42.3 Å². The highest BCUT2D eigenvalue weighted by atomic mass is 35.5. The fourth-order valence-electron chi connectivity index (χ4n) is 2.74. The zero-order chi connectivity index (χ0) is 22.4. The molecule has 0 unspecified atom stereocenters. The van der Waals surface area contributed by atoms with Gasteiger partial charge in [-0.25, -0.2) is 4.79 Å². The predicted molar refractivity (Wildman–Crippen MR) is 117 cm³/mol. The second kappa shape index (κ2) is 10.5. The number of amides is 1. The number of rotatable bonds is 9. The first-order valence-electron chi connectivity index (χ1n) is 9.15. The van der Waals surface area contributed by atoms with Gasteiger partial charge in [-0.05, 0) is 24.1 Å². The van der Waals surface area contributed by atoms with Gasteiger partial charge in [0, 0.05) is 25.2 Å². The minimum Gasteiger partial charge on any atom is -0.482 e. The van der Waals surface area contributed by atoms with Crippen LogP contribution in [0.1, 0.15) is 13.8 Å². The van der Waals surface area contributed by atoms with Crippen LogP contribution in [0.5, 0.6) is 5.75 Å². The number of hydrogen-bond donors (Lipinski definition) is 2. The molecule has 30 heavy (non-hydrogen) atoms. The van der Waals surface area contributed by atoms with E-state index in [0.717, 1.165) is 4.90 Å². The molecule has 0 aliphatic rings. The molecule has 0 saturated heterocycles. The summed E-state index contributed by atoms with van der Waals surface area (Å²) in [6.07, 6.45) is 0. The second-order valence-electron chi connectivity index (χ2n) is 6.90. The van der Waals surface area contributed by atoms with E-state index in [0.29, 0.717) is 5.02 Å². The molecule has 0 saturated carbocycles. The minimum absolute atomic E-state index is 0.0280. The molecule has 1 amide bonds. The molecule has 164 valence electrons. The summed E-state index contributed by atoms with van der Waals surface area (Å²) in [4.78, 5) is 40.9. The van der Waals surface area contributed by atoms with Gasteiger partial charge in [-0.1, -0.05) is 37.0 Å². The maximum atomic E-state index is 12.9. The van der Waals surface area contributed by atoms with Crippen LogP contribution in [-0.2, 0) is 16.1 Å². The summed E-state index contributed by atoms with van der Waals surface area (Å²) < 4.78 is 11.8. The normalized spacial score (nSPS) is 11.0. The third-order valence-electron chi connectivity index (χ3n) is 4.10. The summed E-state index contributed by atoms with van der Waals surface area (Å²) in [6, 6.07) is 4.58. The Labute approximate surface area is 183 Å². The molecule has 0 aliphatic carbocycles. The monoisotopic (exact) mass is 458 g/mol. The van der Waals surface area contributed by atoms with Crippen LogP contribution >= 0.6 is 23.2 Å². The number of benzene rings is 1. The number of aromatic nitrogens is 2. The number of nitrogens with one attached hydrogen (secondary N) is 1. The number of nitrogens with two attached hydrogens (primary N) is 1. The van der Waals surface area contributed by atoms with Crippen molar-refractivity contribution in [3.05, 3.63) is 49.1 Å². The largest absolute Gasteiger partial charge is 0.482 e. The van der Waals surface area contributed by atoms with Crippen LogP contribution in [0.4, 0.5) is 11.5 Å². The zero-order valence-corrected chi connectivity index (χ0v) is 18.4. The molecule has 11 heteroatoms. The maximum Gasteiger partial charge on any atom is 0.330 e. The van der Waals surface area contributed by atoms with Crippen LogP contribution < -0.4 is 26.6 Å². The Hall–Kier alpha value is -2.49. The minimum atomic E-state index is -0.772. The summed E-state index contributed by atoms with van der Waals surface area (Å²) >= 11 is 11.9. The first-order chi connectivity index (χ1) is 14.1. The first kappa shape index (κ1) is 23.8. The number of halogens is 2. The number of H-pyrrole nitrogens is 1. The van der Waals surface area contributed by atoms with E-state index in [2.05, 4.69) is 4.98 Å². The summed E-state index contributed by atoms with van der Waals surface area (Å²) in [6.45, 7) is 3.81. The van der Waals surface area contributed by atoms with Crippen LogP contribution in [0.15, 0.2) is 27.8 Å². The van der Waals surface area contributed by atoms with E-state index in [4.69, 9.17) is 38.4 Å². The Morgan fingerprint density at radius 1 is 1.30 bits per heavy atom. The Morgan fingerprint density at radius 3 is 2.60 bits per heavy atom. The van der Waals surface area contributed by atoms with Gasteiger partial charge in [-0.3, -0.25) is 24.0 Å². The van der Waals surface area contributed by atoms with Gasteiger partial charge in [0.2, 0.25) is 0 Å². The number of ether oxygens (including phenoxy) is 2. The molecule has 1 heterocycles. The Balaban J connectivity index is 2.38. The van der Waals surface area contributed by atoms with Gasteiger partial charge >= 0.3 is 5.69 Å². The van der Waals surface area contributed by atoms with Crippen molar-refractivity contribution in [2.45, 2.75) is 20.4 Å². The number of carbonyl (C=O) groups excluding carboxylic acids is 1. The highest BCUT2D eigenvalue weighted by Gasteiger charge is 2.25. The molecule has 0 fully saturated rings. The number of nitrogen functional groups attached to an aromatic ring is 1. The third-order valence-corrected chi connectivity index (χ3v) is 4.63. The van der Waals surface area contributed by atoms with E-state index in [-0.39, 0.29) is 47.9 Å². The van der Waals surface area contributed by atoms with Crippen LogP contribution in [0.2, 0.25) is 10.0 Å². The quantitative estimate of drug-likeness (QED) is 0.593. The van der Waals surface area contributed by atoms with E-state index in [1.807, 2.05) is 13.8 Å². The van der Waals surface area contributed by atoms with Crippen LogP contribution in [0.25, 0.3) is 0 Å². The van der Waals surface area contributed by atoms with E-state index in [1.165, 1.54) is 23.8 Å². The fraction of sp³-hybridized carbons (Fsp3) is 0.421. The predicted octanol–water partition coefficient (Wildman–Crippen LogP) is 2.14. The van der Waals surface area contributed by atoms with Gasteiger partial charge < -0.3 is 15.2 Å². The smallest absolute Gasteiger partial charge is 0.330 e. The standard InChI is InChI=1S/C19H24Cl2N4O5/c1-11(2)9-25-17(22)16(18(27)23-19(25)28)24(6-7-29-3)15(26)10-30-14-5-4-12(20)8-13(14)21/h4-5,8,11H,6-7,9-10,22H2,1-3H3,(H,23,27,28). The molecule has 9 nitrogen and oxygen atoms in total. The van der Waals surface area contributed by atoms with Gasteiger partial charge in [-0.15, -0.1) is 0 Å². The van der Waals surface area contributed by atoms with Crippen molar-refractivity contribution in [3.63, 3.8) is 0 Å². The molecule has 0 spiro atoms. The number of methoxy groups -OCH3 is 1. The Kier molecular flexibility index (Phi) is 8.33. The molecular formula is C19H24Cl2N4O5. The van der Waals surface area contributed by atoms with E-state index >= 15 is 0 Å². The maximum absolute atomic E-state index is 12.9. The number of carbonyl (C=O) groups is 1. The lowest BCUT2D eigenvalue weighted by Gasteiger charge is -2.24. The molecule has 1 aromatic carbocycles. The molecule has 0 bridgehead atoms. The molecule has 0 radical (unpaired) electrons. The molecule has 1 aromatic heterocycles. The number of nitrogens with zero attached hydrogens (tertiary/aromatic N) is 2. The van der Waals surface area contributed by atoms with Gasteiger partial charge in [0.15, 0.2) is 12.3 Å². The highest BCUT2D eigenvalue weighted by molar-refractivity contribution is 6.35. The summed E-state index contributed by atoms with van der Waals surface area (Å²) in [5.41, 5.74) is 4.58. The second-order valence-corrected chi connectivity index (χ2v) is 7.74. The molecule has 2 aromatic rings. The van der Waals surface area contributed by atoms with Crippen molar-refractivity contribution in [3.8, 4) is 5.75 Å². The van der Waals surface area contributed by atoms with Crippen LogP contribution in [0, 0.1) is 5.92 Å². The Bertz CT molecular complexity index is 1020. The molecule has 2 rings (SSSR count). The third kappa shape index (κ3) is 5.78. The first-order valence-corrected chi connectivity index (χ1v) is 9.91. The zero-order valence-electron chi connectivity index (χ0n) is 16.9. The molecule has 3 N–H and O–H groups in total. The number of hydrogen-bond acceptors (Lipinski definition) is 6. The van der Waals surface area contributed by atoms with Gasteiger partial charge in [0.1, 0.15) is 11.6 Å². The van der Waals surface area contributed by atoms with Crippen LogP contribution in [0.3, 0.4) is 0 Å². The lowest BCUT2D eigenvalue weighted by molar-refractivity contribution is -0.120. The van der Waals surface area contributed by atoms with Gasteiger partial charge in [0.05, 0.1) is 11.6 Å². The lowest BCUT2D eigenvalue weighted by atomic mass is 10.2. The van der Waals surface area contributed by atoms with Crippen molar-refractivity contribution < 1.29 is 14.3 Å². The SMILES string of the molecule is COCCN(C(=O)COc1ccc(Cl)cc1Cl)c1c(N)n(CC(C)C)c(=O)[nH]c1=O. The average Bonchev–Trinajstić information content (AvgIpc) is 2.66. The average molecular weight is 459 g/mol. The highest BCUT2D eigenvalue weighted by Crippen LogP contribution is 2.27. The fourth-order valence-corrected chi connectivity index (χ4v) is 3.20. The van der Waals surface area contributed by atoms with Crippen molar-refractivity contribution in [2.75, 3.05) is 37.5 Å². The summed E-state index contributed by atoms with van der Waals surface area (Å²) in [5, 5.41) is 0.661. The number of aromatic amines is 1. The van der Waals surface area contributed by atoms with E-state index < -0.39 is 23.8 Å². The topological polar surface area (TPSA) is 120 Å². The van der Waals surface area contributed by atoms with Crippen molar-refractivity contribution in [1.82, 2.24) is 9.55 Å². The van der Waals surface area contributed by atoms with Gasteiger partial charge in [0.25, 0.3) is 11.5 Å². The van der Waals surface area contributed by atoms with E-state index in [1.54, 1.807) is 6.07 Å². The van der Waals surface area contributed by atoms with Crippen molar-refractivity contribution >= 4 is 40.6 Å². The van der Waals surface area contributed by atoms with Gasteiger partial charge in [-0.2, -0.15) is 0 Å². The number of anilines is 2. The van der Waals surface area contributed by atoms with Crippen molar-refractivity contribution in [2.24, 2.45) is 5.92 Å². The summed E-state index contributed by atoms with van der Waals surface area (Å²) in [5.74, 6) is -0.327. The Morgan fingerprint density at radius 2 is 2.00 bits per heavy atom. The lowest BCUT2D eigenvalue weighted by Crippen LogP contribution is -2.44. The van der Waals surface area contributed by atoms with E-state index in [9.17, 15) is 14.4 Å². The molecule has 0 aliphatic heterocycles.